The molecule has 4 rings (SSSR count). The lowest BCUT2D eigenvalue weighted by Crippen LogP contribution is -2.57. The third-order valence-corrected chi connectivity index (χ3v) is 5.62. The molecule has 0 heterocycles. The molecule has 4 bridgehead atoms. The van der Waals surface area contributed by atoms with E-state index >= 15 is 0 Å². The van der Waals surface area contributed by atoms with Gasteiger partial charge in [-0.1, -0.05) is 6.08 Å². The topological polar surface area (TPSA) is 57.5 Å². The molecule has 0 spiro atoms. The maximum atomic E-state index is 11.0. The molecular formula is C15H22O3. The van der Waals surface area contributed by atoms with Crippen LogP contribution in [-0.2, 0) is 4.79 Å². The van der Waals surface area contributed by atoms with Gasteiger partial charge in [0.15, 0.2) is 0 Å². The summed E-state index contributed by atoms with van der Waals surface area (Å²) in [6, 6.07) is 0. The molecule has 2 N–H and O–H groups in total. The first-order valence-electron chi connectivity index (χ1n) is 7.11. The van der Waals surface area contributed by atoms with E-state index < -0.39 is 11.6 Å². The number of hydrogen-bond donors (Lipinski definition) is 2. The monoisotopic (exact) mass is 250 g/mol. The minimum atomic E-state index is -0.873. The molecule has 0 aliphatic heterocycles. The maximum Gasteiger partial charge on any atom is 0.330 e. The van der Waals surface area contributed by atoms with Gasteiger partial charge in [-0.15, -0.1) is 0 Å². The van der Waals surface area contributed by atoms with Crippen LogP contribution in [0.4, 0.5) is 0 Å². The van der Waals surface area contributed by atoms with E-state index in [4.69, 9.17) is 5.11 Å². The summed E-state index contributed by atoms with van der Waals surface area (Å²) in [7, 11) is 0. The Bertz CT molecular complexity index is 369. The second-order valence-electron chi connectivity index (χ2n) is 6.69. The van der Waals surface area contributed by atoms with E-state index in [0.717, 1.165) is 37.5 Å². The van der Waals surface area contributed by atoms with Crippen molar-refractivity contribution in [3.63, 3.8) is 0 Å². The maximum absolute atomic E-state index is 11.0. The zero-order valence-electron chi connectivity index (χ0n) is 10.9. The molecule has 0 radical (unpaired) electrons. The highest BCUT2D eigenvalue weighted by molar-refractivity contribution is 5.85. The molecule has 3 nitrogen and oxygen atoms in total. The largest absolute Gasteiger partial charge is 0.478 e. The first kappa shape index (κ1) is 12.2. The first-order chi connectivity index (χ1) is 8.49. The van der Waals surface area contributed by atoms with Gasteiger partial charge in [0.1, 0.15) is 0 Å². The molecule has 18 heavy (non-hydrogen) atoms. The van der Waals surface area contributed by atoms with Crippen LogP contribution in [0.1, 0.15) is 45.4 Å². The lowest BCUT2D eigenvalue weighted by atomic mass is 9.49. The summed E-state index contributed by atoms with van der Waals surface area (Å²) in [6.45, 7) is 1.61. The number of carboxylic acids is 1. The summed E-state index contributed by atoms with van der Waals surface area (Å²) in [6.07, 6.45) is 8.25. The van der Waals surface area contributed by atoms with E-state index in [1.165, 1.54) is 6.42 Å². The van der Waals surface area contributed by atoms with Gasteiger partial charge in [-0.3, -0.25) is 0 Å². The summed E-state index contributed by atoms with van der Waals surface area (Å²) >= 11 is 0. The fourth-order valence-electron chi connectivity index (χ4n) is 4.74. The number of carbonyl (C=O) groups is 1. The van der Waals surface area contributed by atoms with Gasteiger partial charge in [0.2, 0.25) is 0 Å². The summed E-state index contributed by atoms with van der Waals surface area (Å²) < 4.78 is 0. The van der Waals surface area contributed by atoms with Crippen LogP contribution in [0.25, 0.3) is 0 Å². The van der Waals surface area contributed by atoms with Crippen molar-refractivity contribution >= 4 is 5.97 Å². The highest BCUT2D eigenvalue weighted by atomic mass is 16.4. The predicted octanol–water partition coefficient (Wildman–Crippen LogP) is 2.59. The average molecular weight is 250 g/mol. The van der Waals surface area contributed by atoms with Gasteiger partial charge in [-0.2, -0.15) is 0 Å². The van der Waals surface area contributed by atoms with Crippen molar-refractivity contribution in [1.82, 2.24) is 0 Å². The number of hydrogen-bond acceptors (Lipinski definition) is 2. The van der Waals surface area contributed by atoms with Crippen LogP contribution in [0, 0.1) is 23.7 Å². The molecular weight excluding hydrogens is 228 g/mol. The van der Waals surface area contributed by atoms with Crippen LogP contribution in [0.5, 0.6) is 0 Å². The van der Waals surface area contributed by atoms with Crippen molar-refractivity contribution < 1.29 is 15.0 Å². The molecule has 4 fully saturated rings. The fraction of sp³-hybridized carbons (Fsp3) is 0.800. The summed E-state index contributed by atoms with van der Waals surface area (Å²) in [5, 5.41) is 19.9. The third kappa shape index (κ3) is 1.80. The van der Waals surface area contributed by atoms with Crippen LogP contribution < -0.4 is 0 Å². The standard InChI is InChI=1S/C15H22O3/c1-9(14(16)17)2-3-15(18)12-5-10-4-11(7-12)8-13(15)6-10/h2,10-13,18H,3-8H2,1H3,(H,16,17). The van der Waals surface area contributed by atoms with Gasteiger partial charge < -0.3 is 10.2 Å². The van der Waals surface area contributed by atoms with Crippen LogP contribution in [0.2, 0.25) is 0 Å². The lowest BCUT2D eigenvalue weighted by Gasteiger charge is -2.59. The molecule has 100 valence electrons. The molecule has 4 aliphatic carbocycles. The second kappa shape index (κ2) is 4.09. The van der Waals surface area contributed by atoms with Gasteiger partial charge in [0, 0.05) is 5.57 Å². The molecule has 4 saturated carbocycles. The van der Waals surface area contributed by atoms with Crippen molar-refractivity contribution in [2.75, 3.05) is 0 Å². The Morgan fingerprint density at radius 1 is 1.17 bits per heavy atom. The molecule has 0 aromatic rings. The van der Waals surface area contributed by atoms with E-state index in [9.17, 15) is 9.90 Å². The van der Waals surface area contributed by atoms with Crippen molar-refractivity contribution in [2.24, 2.45) is 23.7 Å². The molecule has 0 aromatic heterocycles. The van der Waals surface area contributed by atoms with E-state index in [1.54, 1.807) is 13.0 Å². The Balaban J connectivity index is 1.78. The first-order valence-corrected chi connectivity index (χ1v) is 7.11. The van der Waals surface area contributed by atoms with Crippen LogP contribution in [0.3, 0.4) is 0 Å². The smallest absolute Gasteiger partial charge is 0.330 e. The highest BCUT2D eigenvalue weighted by Crippen LogP contribution is 2.59. The molecule has 4 aliphatic rings. The molecule has 0 atom stereocenters. The van der Waals surface area contributed by atoms with Crippen LogP contribution in [-0.4, -0.2) is 21.8 Å². The number of aliphatic carboxylic acids is 1. The van der Waals surface area contributed by atoms with Crippen LogP contribution in [0.15, 0.2) is 11.6 Å². The third-order valence-electron chi connectivity index (χ3n) is 5.62. The van der Waals surface area contributed by atoms with Gasteiger partial charge in [0.25, 0.3) is 0 Å². The zero-order chi connectivity index (χ0) is 12.9. The lowest BCUT2D eigenvalue weighted by molar-refractivity contribution is -0.170. The number of aliphatic hydroxyl groups is 1. The van der Waals surface area contributed by atoms with Crippen molar-refractivity contribution in [3.8, 4) is 0 Å². The summed E-state index contributed by atoms with van der Waals surface area (Å²) in [5.74, 6) is 1.61. The van der Waals surface area contributed by atoms with Crippen molar-refractivity contribution in [1.29, 1.82) is 0 Å². The number of rotatable bonds is 3. The minimum Gasteiger partial charge on any atom is -0.478 e. The quantitative estimate of drug-likeness (QED) is 0.757. The Morgan fingerprint density at radius 3 is 2.11 bits per heavy atom. The van der Waals surface area contributed by atoms with Gasteiger partial charge in [0.05, 0.1) is 5.60 Å². The molecule has 0 unspecified atom stereocenters. The number of carboxylic acid groups (broad SMARTS) is 1. The second-order valence-corrected chi connectivity index (χ2v) is 6.69. The Labute approximate surface area is 108 Å². The Morgan fingerprint density at radius 2 is 1.67 bits per heavy atom. The zero-order valence-corrected chi connectivity index (χ0v) is 10.9. The van der Waals surface area contributed by atoms with Crippen LogP contribution >= 0.6 is 0 Å². The van der Waals surface area contributed by atoms with Crippen molar-refractivity contribution in [3.05, 3.63) is 11.6 Å². The van der Waals surface area contributed by atoms with E-state index in [-0.39, 0.29) is 0 Å². The average Bonchev–Trinajstić information content (AvgIpc) is 2.32. The SMILES string of the molecule is CC(=CCC1(O)C2CC3CC(C2)CC1C3)C(=O)O. The van der Waals surface area contributed by atoms with Gasteiger partial charge in [-0.25, -0.2) is 4.79 Å². The Kier molecular flexibility index (Phi) is 2.77. The van der Waals surface area contributed by atoms with Gasteiger partial charge in [-0.05, 0) is 69.1 Å². The Hall–Kier alpha value is -0.830. The molecule has 0 aromatic carbocycles. The summed E-state index contributed by atoms with van der Waals surface area (Å²) in [5.41, 5.74) is -0.262. The highest BCUT2D eigenvalue weighted by Gasteiger charge is 2.55. The minimum absolute atomic E-state index is 0.359. The fourth-order valence-corrected chi connectivity index (χ4v) is 4.74. The molecule has 0 saturated heterocycles. The van der Waals surface area contributed by atoms with E-state index in [0.29, 0.717) is 23.8 Å². The van der Waals surface area contributed by atoms with Gasteiger partial charge >= 0.3 is 5.97 Å². The molecule has 0 amide bonds. The van der Waals surface area contributed by atoms with Crippen molar-refractivity contribution in [2.45, 2.75) is 51.0 Å². The molecule has 3 heteroatoms. The predicted molar refractivity (Wildman–Crippen MR) is 68.0 cm³/mol. The normalized spacial score (nSPS) is 46.4. The van der Waals surface area contributed by atoms with E-state index in [2.05, 4.69) is 0 Å². The summed E-state index contributed by atoms with van der Waals surface area (Å²) in [4.78, 5) is 10.8. The van der Waals surface area contributed by atoms with E-state index in [1.807, 2.05) is 0 Å².